The van der Waals surface area contributed by atoms with Gasteiger partial charge in [0.25, 0.3) is 0 Å². The minimum Gasteiger partial charge on any atom is -0.480 e. The van der Waals surface area contributed by atoms with Crippen molar-refractivity contribution in [3.63, 3.8) is 0 Å². The molecular weight excluding hydrogens is 388 g/mol. The Kier molecular flexibility index (Phi) is 6.07. The molecule has 0 aliphatic heterocycles. The third-order valence-corrected chi connectivity index (χ3v) is 5.88. The molecule has 0 aliphatic rings. The fourth-order valence-corrected chi connectivity index (χ4v) is 4.04. The van der Waals surface area contributed by atoms with E-state index in [2.05, 4.69) is 4.72 Å². The van der Waals surface area contributed by atoms with Gasteiger partial charge in [-0.3, -0.25) is 4.79 Å². The predicted octanol–water partition coefficient (Wildman–Crippen LogP) is 3.20. The van der Waals surface area contributed by atoms with Crippen LogP contribution in [0, 0.1) is 11.3 Å². The molecule has 0 heterocycles. The molecule has 0 spiro atoms. The summed E-state index contributed by atoms with van der Waals surface area (Å²) in [5, 5.41) is 18.3. The summed E-state index contributed by atoms with van der Waals surface area (Å²) in [7, 11) is -4.01. The van der Waals surface area contributed by atoms with Gasteiger partial charge in [-0.15, -0.1) is 0 Å². The van der Waals surface area contributed by atoms with E-state index < -0.39 is 22.0 Å². The summed E-state index contributed by atoms with van der Waals surface area (Å²) < 4.78 is 27.6. The predicted molar refractivity (Wildman–Crippen MR) is 108 cm³/mol. The van der Waals surface area contributed by atoms with Crippen LogP contribution in [0.15, 0.2) is 83.8 Å². The summed E-state index contributed by atoms with van der Waals surface area (Å²) in [5.74, 6) is -1.24. The summed E-state index contributed by atoms with van der Waals surface area (Å²) in [5.41, 5.74) is 2.88. The number of benzene rings is 3. The highest BCUT2D eigenvalue weighted by atomic mass is 32.2. The van der Waals surface area contributed by atoms with Crippen molar-refractivity contribution in [2.45, 2.75) is 17.4 Å². The molecule has 29 heavy (non-hydrogen) atoms. The smallest absolute Gasteiger partial charge is 0.322 e. The lowest BCUT2D eigenvalue weighted by molar-refractivity contribution is -0.138. The Morgan fingerprint density at radius 3 is 2.00 bits per heavy atom. The Labute approximate surface area is 169 Å². The van der Waals surface area contributed by atoms with Crippen molar-refractivity contribution in [3.05, 3.63) is 90.0 Å². The average molecular weight is 406 g/mol. The Morgan fingerprint density at radius 1 is 0.931 bits per heavy atom. The Balaban J connectivity index is 1.78. The van der Waals surface area contributed by atoms with Crippen LogP contribution in [0.2, 0.25) is 0 Å². The van der Waals surface area contributed by atoms with Crippen LogP contribution >= 0.6 is 0 Å². The molecule has 3 aromatic rings. The second-order valence-electron chi connectivity index (χ2n) is 6.42. The first kappa shape index (κ1) is 20.3. The lowest BCUT2D eigenvalue weighted by Crippen LogP contribution is -2.42. The van der Waals surface area contributed by atoms with Crippen LogP contribution in [0.4, 0.5) is 0 Å². The number of carboxylic acids is 1. The molecule has 1 atom stereocenters. The fraction of sp³-hybridized carbons (Fsp3) is 0.0909. The van der Waals surface area contributed by atoms with Crippen LogP contribution in [0.1, 0.15) is 11.1 Å². The molecule has 0 saturated carbocycles. The number of nitriles is 1. The minimum absolute atomic E-state index is 0.0193. The summed E-state index contributed by atoms with van der Waals surface area (Å²) in [4.78, 5) is 11.5. The maximum Gasteiger partial charge on any atom is 0.322 e. The number of sulfonamides is 1. The van der Waals surface area contributed by atoms with E-state index in [1.165, 1.54) is 12.1 Å². The van der Waals surface area contributed by atoms with Crippen molar-refractivity contribution in [2.24, 2.45) is 0 Å². The first-order valence-electron chi connectivity index (χ1n) is 8.79. The standard InChI is InChI=1S/C22H18N2O4S/c23-15-17-6-8-18(9-7-17)19-10-12-20(13-11-19)29(27,28)24-21(22(25)26)14-16-4-2-1-3-5-16/h1-13,21,24H,14H2,(H,25,26). The minimum atomic E-state index is -4.01. The van der Waals surface area contributed by atoms with E-state index in [0.29, 0.717) is 5.56 Å². The van der Waals surface area contributed by atoms with Gasteiger partial charge in [0, 0.05) is 0 Å². The van der Waals surface area contributed by atoms with Crippen molar-refractivity contribution < 1.29 is 18.3 Å². The van der Waals surface area contributed by atoms with E-state index in [0.717, 1.165) is 16.7 Å². The van der Waals surface area contributed by atoms with Crippen molar-refractivity contribution in [1.82, 2.24) is 4.72 Å². The summed E-state index contributed by atoms with van der Waals surface area (Å²) in [6.45, 7) is 0. The quantitative estimate of drug-likeness (QED) is 0.627. The molecule has 0 aromatic heterocycles. The lowest BCUT2D eigenvalue weighted by Gasteiger charge is -2.15. The molecule has 0 aliphatic carbocycles. The second kappa shape index (κ2) is 8.69. The fourth-order valence-electron chi connectivity index (χ4n) is 2.85. The molecule has 0 radical (unpaired) electrons. The van der Waals surface area contributed by atoms with E-state index in [1.807, 2.05) is 6.07 Å². The molecule has 1 unspecified atom stereocenters. The largest absolute Gasteiger partial charge is 0.480 e. The van der Waals surface area contributed by atoms with Gasteiger partial charge in [-0.1, -0.05) is 54.6 Å². The zero-order chi connectivity index (χ0) is 20.9. The van der Waals surface area contributed by atoms with E-state index in [4.69, 9.17) is 5.26 Å². The zero-order valence-electron chi connectivity index (χ0n) is 15.3. The Bertz CT molecular complexity index is 1130. The maximum atomic E-state index is 12.7. The molecule has 0 fully saturated rings. The highest BCUT2D eigenvalue weighted by molar-refractivity contribution is 7.89. The summed E-state index contributed by atoms with van der Waals surface area (Å²) in [6, 6.07) is 22.7. The molecule has 0 amide bonds. The number of carboxylic acid groups (broad SMARTS) is 1. The SMILES string of the molecule is N#Cc1ccc(-c2ccc(S(=O)(=O)NC(Cc3ccccc3)C(=O)O)cc2)cc1. The summed E-state index contributed by atoms with van der Waals surface area (Å²) >= 11 is 0. The van der Waals surface area contributed by atoms with Crippen LogP contribution < -0.4 is 4.72 Å². The number of nitrogens with zero attached hydrogens (tertiary/aromatic N) is 1. The number of hydrogen-bond donors (Lipinski definition) is 2. The Hall–Kier alpha value is -3.47. The van der Waals surface area contributed by atoms with Gasteiger partial charge in [0.1, 0.15) is 6.04 Å². The maximum absolute atomic E-state index is 12.7. The van der Waals surface area contributed by atoms with E-state index in [1.54, 1.807) is 66.7 Å². The number of nitrogens with one attached hydrogen (secondary N) is 1. The highest BCUT2D eigenvalue weighted by Gasteiger charge is 2.25. The normalized spacial score (nSPS) is 12.1. The van der Waals surface area contributed by atoms with Crippen molar-refractivity contribution in [3.8, 4) is 17.2 Å². The third kappa shape index (κ3) is 5.08. The van der Waals surface area contributed by atoms with Gasteiger partial charge in [0.15, 0.2) is 0 Å². The zero-order valence-corrected chi connectivity index (χ0v) is 16.1. The Morgan fingerprint density at radius 2 is 1.48 bits per heavy atom. The van der Waals surface area contributed by atoms with Gasteiger partial charge >= 0.3 is 5.97 Å². The van der Waals surface area contributed by atoms with Gasteiger partial charge in [-0.25, -0.2) is 8.42 Å². The number of hydrogen-bond acceptors (Lipinski definition) is 4. The van der Waals surface area contributed by atoms with Crippen LogP contribution in [-0.4, -0.2) is 25.5 Å². The number of carbonyl (C=O) groups is 1. The second-order valence-corrected chi connectivity index (χ2v) is 8.13. The number of rotatable bonds is 7. The van der Waals surface area contributed by atoms with Gasteiger partial charge < -0.3 is 5.11 Å². The van der Waals surface area contributed by atoms with Gasteiger partial charge in [-0.2, -0.15) is 9.98 Å². The monoisotopic (exact) mass is 406 g/mol. The van der Waals surface area contributed by atoms with Crippen molar-refractivity contribution >= 4 is 16.0 Å². The van der Waals surface area contributed by atoms with E-state index in [-0.39, 0.29) is 11.3 Å². The van der Waals surface area contributed by atoms with Gasteiger partial charge in [0.05, 0.1) is 16.5 Å². The molecule has 0 bridgehead atoms. The van der Waals surface area contributed by atoms with Gasteiger partial charge in [-0.05, 0) is 47.4 Å². The molecule has 0 saturated heterocycles. The van der Waals surface area contributed by atoms with Crippen molar-refractivity contribution in [2.75, 3.05) is 0 Å². The molecular formula is C22H18N2O4S. The topological polar surface area (TPSA) is 107 Å². The van der Waals surface area contributed by atoms with Crippen LogP contribution in [-0.2, 0) is 21.2 Å². The van der Waals surface area contributed by atoms with Crippen LogP contribution in [0.25, 0.3) is 11.1 Å². The average Bonchev–Trinajstić information content (AvgIpc) is 2.74. The first-order valence-corrected chi connectivity index (χ1v) is 10.3. The van der Waals surface area contributed by atoms with E-state index in [9.17, 15) is 18.3 Å². The van der Waals surface area contributed by atoms with Crippen LogP contribution in [0.5, 0.6) is 0 Å². The third-order valence-electron chi connectivity index (χ3n) is 4.39. The first-order chi connectivity index (χ1) is 13.9. The highest BCUT2D eigenvalue weighted by Crippen LogP contribution is 2.22. The van der Waals surface area contributed by atoms with Crippen molar-refractivity contribution in [1.29, 1.82) is 5.26 Å². The number of aliphatic carboxylic acids is 1. The molecule has 3 aromatic carbocycles. The molecule has 146 valence electrons. The lowest BCUT2D eigenvalue weighted by atomic mass is 10.0. The molecule has 3 rings (SSSR count). The van der Waals surface area contributed by atoms with Gasteiger partial charge in [0.2, 0.25) is 10.0 Å². The van der Waals surface area contributed by atoms with Crippen LogP contribution in [0.3, 0.4) is 0 Å². The van der Waals surface area contributed by atoms with E-state index >= 15 is 0 Å². The summed E-state index contributed by atoms with van der Waals surface area (Å²) in [6.07, 6.45) is 0.0404. The molecule has 6 nitrogen and oxygen atoms in total. The molecule has 2 N–H and O–H groups in total. The molecule has 7 heteroatoms.